The largest absolute Gasteiger partial charge is 0.355 e. The van der Waals surface area contributed by atoms with Crippen molar-refractivity contribution in [2.45, 2.75) is 32.7 Å². The normalized spacial score (nSPS) is 19.2. The Bertz CT molecular complexity index is 560. The number of nitrogens with one attached hydrogen (secondary N) is 1. The molecule has 2 aromatic heterocycles. The first-order chi connectivity index (χ1) is 9.28. The fraction of sp³-hybridized carbons (Fsp3) is 0.571. The minimum absolute atomic E-state index is 0.602. The maximum atomic E-state index is 4.53. The molecule has 2 aromatic rings. The van der Waals surface area contributed by atoms with Crippen molar-refractivity contribution >= 4 is 27.4 Å². The van der Waals surface area contributed by atoms with Crippen molar-refractivity contribution in [2.24, 2.45) is 0 Å². The van der Waals surface area contributed by atoms with E-state index in [9.17, 15) is 0 Å². The number of rotatable bonds is 4. The van der Waals surface area contributed by atoms with Gasteiger partial charge in [0.25, 0.3) is 0 Å². The lowest BCUT2D eigenvalue weighted by molar-refractivity contribution is 0.584. The van der Waals surface area contributed by atoms with Crippen LogP contribution in [0.3, 0.4) is 0 Å². The third-order valence-corrected chi connectivity index (χ3v) is 4.67. The molecule has 1 aliphatic heterocycles. The van der Waals surface area contributed by atoms with Crippen LogP contribution in [0, 0.1) is 6.92 Å². The summed E-state index contributed by atoms with van der Waals surface area (Å²) in [6.07, 6.45) is 4.25. The first-order valence-corrected chi connectivity index (χ1v) is 7.79. The van der Waals surface area contributed by atoms with Crippen LogP contribution in [-0.4, -0.2) is 35.6 Å². The van der Waals surface area contributed by atoms with Gasteiger partial charge < -0.3 is 10.2 Å². The molecular formula is C14H20N4S. The number of aryl methyl sites for hydroxylation is 1. The van der Waals surface area contributed by atoms with Gasteiger partial charge in [0.15, 0.2) is 0 Å². The zero-order chi connectivity index (χ0) is 13.2. The van der Waals surface area contributed by atoms with E-state index in [4.69, 9.17) is 0 Å². The zero-order valence-corrected chi connectivity index (χ0v) is 12.3. The van der Waals surface area contributed by atoms with Gasteiger partial charge in [0.2, 0.25) is 0 Å². The van der Waals surface area contributed by atoms with E-state index in [0.717, 1.165) is 30.3 Å². The van der Waals surface area contributed by atoms with E-state index < -0.39 is 0 Å². The molecule has 1 aliphatic rings. The number of thiophene rings is 1. The fourth-order valence-corrected chi connectivity index (χ4v) is 3.60. The molecule has 3 heterocycles. The van der Waals surface area contributed by atoms with E-state index in [-0.39, 0.29) is 0 Å². The Kier molecular flexibility index (Phi) is 3.66. The van der Waals surface area contributed by atoms with Gasteiger partial charge in [-0.25, -0.2) is 9.97 Å². The zero-order valence-electron chi connectivity index (χ0n) is 11.5. The maximum Gasteiger partial charge on any atom is 0.140 e. The minimum atomic E-state index is 0.602. The lowest BCUT2D eigenvalue weighted by atomic mass is 10.2. The molecule has 3 rings (SSSR count). The van der Waals surface area contributed by atoms with Crippen molar-refractivity contribution in [1.82, 2.24) is 15.3 Å². The Balaban J connectivity index is 1.91. The van der Waals surface area contributed by atoms with E-state index in [1.165, 1.54) is 23.1 Å². The average Bonchev–Trinajstić information content (AvgIpc) is 3.03. The molecule has 0 aromatic carbocycles. The number of likely N-dealkylation sites (N-methyl/N-ethyl adjacent to an activating group) is 1. The van der Waals surface area contributed by atoms with Crippen LogP contribution in [0.1, 0.15) is 24.6 Å². The van der Waals surface area contributed by atoms with Crippen LogP contribution in [0.5, 0.6) is 0 Å². The summed E-state index contributed by atoms with van der Waals surface area (Å²) in [5.74, 6) is 1.09. The molecule has 0 aliphatic carbocycles. The molecule has 0 spiro atoms. The number of nitrogens with zero attached hydrogens (tertiary/aromatic N) is 3. The van der Waals surface area contributed by atoms with Gasteiger partial charge in [-0.15, -0.1) is 11.3 Å². The number of hydrogen-bond donors (Lipinski definition) is 1. The molecule has 4 nitrogen and oxygen atoms in total. The molecule has 0 amide bonds. The predicted octanol–water partition coefficient (Wildman–Crippen LogP) is 2.58. The molecule has 5 heteroatoms. The van der Waals surface area contributed by atoms with Crippen molar-refractivity contribution in [1.29, 1.82) is 0 Å². The molecule has 0 saturated carbocycles. The van der Waals surface area contributed by atoms with Crippen LogP contribution in [-0.2, 0) is 0 Å². The van der Waals surface area contributed by atoms with Gasteiger partial charge in [-0.05, 0) is 39.3 Å². The molecule has 19 heavy (non-hydrogen) atoms. The van der Waals surface area contributed by atoms with Crippen molar-refractivity contribution in [3.63, 3.8) is 0 Å². The van der Waals surface area contributed by atoms with Crippen molar-refractivity contribution in [2.75, 3.05) is 24.5 Å². The molecule has 1 unspecified atom stereocenters. The Morgan fingerprint density at radius 2 is 2.37 bits per heavy atom. The van der Waals surface area contributed by atoms with Crippen LogP contribution in [0.25, 0.3) is 10.2 Å². The van der Waals surface area contributed by atoms with Crippen LogP contribution in [0.2, 0.25) is 0 Å². The highest BCUT2D eigenvalue weighted by atomic mass is 32.1. The molecule has 1 saturated heterocycles. The number of hydrogen-bond acceptors (Lipinski definition) is 5. The summed E-state index contributed by atoms with van der Waals surface area (Å²) in [5.41, 5.74) is 0. The molecule has 1 atom stereocenters. The molecule has 1 fully saturated rings. The monoisotopic (exact) mass is 276 g/mol. The number of aromatic nitrogens is 2. The Hall–Kier alpha value is -1.20. The summed E-state index contributed by atoms with van der Waals surface area (Å²) in [7, 11) is 0. The highest BCUT2D eigenvalue weighted by Crippen LogP contribution is 2.29. The number of fused-ring (bicyclic) bond motifs is 1. The van der Waals surface area contributed by atoms with Gasteiger partial charge in [0, 0.05) is 24.0 Å². The minimum Gasteiger partial charge on any atom is -0.355 e. The van der Waals surface area contributed by atoms with E-state index in [1.807, 2.05) is 0 Å². The summed E-state index contributed by atoms with van der Waals surface area (Å²) >= 11 is 1.74. The van der Waals surface area contributed by atoms with Crippen molar-refractivity contribution < 1.29 is 0 Å². The highest BCUT2D eigenvalue weighted by Gasteiger charge is 2.19. The van der Waals surface area contributed by atoms with Crippen LogP contribution in [0.15, 0.2) is 12.4 Å². The fourth-order valence-electron chi connectivity index (χ4n) is 2.76. The number of anilines is 1. The maximum absolute atomic E-state index is 4.53. The molecule has 1 N–H and O–H groups in total. The second-order valence-electron chi connectivity index (χ2n) is 5.11. The van der Waals surface area contributed by atoms with E-state index in [2.05, 4.69) is 40.1 Å². The van der Waals surface area contributed by atoms with Crippen LogP contribution < -0.4 is 10.2 Å². The van der Waals surface area contributed by atoms with Crippen molar-refractivity contribution in [3.05, 3.63) is 17.3 Å². The van der Waals surface area contributed by atoms with E-state index >= 15 is 0 Å². The third-order valence-electron chi connectivity index (χ3n) is 3.72. The van der Waals surface area contributed by atoms with Gasteiger partial charge in [-0.1, -0.05) is 0 Å². The molecular weight excluding hydrogens is 256 g/mol. The van der Waals surface area contributed by atoms with Gasteiger partial charge in [-0.2, -0.15) is 0 Å². The average molecular weight is 276 g/mol. The SMILES string of the molecule is CCN(CC1CCCN1)c1ncnc2sc(C)cc12. The summed E-state index contributed by atoms with van der Waals surface area (Å²) < 4.78 is 0. The summed E-state index contributed by atoms with van der Waals surface area (Å²) in [4.78, 5) is 13.7. The Morgan fingerprint density at radius 1 is 1.47 bits per heavy atom. The summed E-state index contributed by atoms with van der Waals surface area (Å²) in [6.45, 7) is 7.50. The van der Waals surface area contributed by atoms with Crippen LogP contribution in [0.4, 0.5) is 5.82 Å². The quantitative estimate of drug-likeness (QED) is 0.932. The van der Waals surface area contributed by atoms with Crippen LogP contribution >= 0.6 is 11.3 Å². The van der Waals surface area contributed by atoms with Gasteiger partial charge >= 0.3 is 0 Å². The molecule has 0 radical (unpaired) electrons. The molecule has 102 valence electrons. The van der Waals surface area contributed by atoms with Gasteiger partial charge in [0.05, 0.1) is 5.39 Å². The standard InChI is InChI=1S/C14H20N4S/c1-3-18(8-11-5-4-6-15-11)13-12-7-10(2)19-14(12)17-9-16-13/h7,9,11,15H,3-6,8H2,1-2H3. The lowest BCUT2D eigenvalue weighted by Gasteiger charge is -2.25. The first-order valence-electron chi connectivity index (χ1n) is 6.97. The second kappa shape index (κ2) is 5.43. The lowest BCUT2D eigenvalue weighted by Crippen LogP contribution is -2.38. The summed E-state index contributed by atoms with van der Waals surface area (Å²) in [6, 6.07) is 2.81. The van der Waals surface area contributed by atoms with E-state index in [0.29, 0.717) is 6.04 Å². The topological polar surface area (TPSA) is 41.0 Å². The Morgan fingerprint density at radius 3 is 3.11 bits per heavy atom. The first kappa shape index (κ1) is 12.8. The van der Waals surface area contributed by atoms with Gasteiger partial charge in [-0.3, -0.25) is 0 Å². The third kappa shape index (κ3) is 2.58. The smallest absolute Gasteiger partial charge is 0.140 e. The van der Waals surface area contributed by atoms with E-state index in [1.54, 1.807) is 17.7 Å². The molecule has 0 bridgehead atoms. The van der Waals surface area contributed by atoms with Gasteiger partial charge in [0.1, 0.15) is 17.0 Å². The second-order valence-corrected chi connectivity index (χ2v) is 6.34. The van der Waals surface area contributed by atoms with Crippen molar-refractivity contribution in [3.8, 4) is 0 Å². The summed E-state index contributed by atoms with van der Waals surface area (Å²) in [5, 5.41) is 4.76. The highest BCUT2D eigenvalue weighted by molar-refractivity contribution is 7.18. The predicted molar refractivity (Wildman–Crippen MR) is 81.1 cm³/mol. The Labute approximate surface area is 117 Å².